The van der Waals surface area contributed by atoms with Gasteiger partial charge in [0.2, 0.25) is 0 Å². The lowest BCUT2D eigenvalue weighted by molar-refractivity contribution is 0.0366. The van der Waals surface area contributed by atoms with Crippen LogP contribution in [-0.4, -0.2) is 17.0 Å². The zero-order valence-corrected chi connectivity index (χ0v) is 13.6. The number of likely N-dealkylation sites (tertiary alicyclic amines) is 1. The van der Waals surface area contributed by atoms with Crippen molar-refractivity contribution >= 4 is 0 Å². The highest BCUT2D eigenvalue weighted by Crippen LogP contribution is 2.51. The van der Waals surface area contributed by atoms with E-state index < -0.39 is 0 Å². The first-order chi connectivity index (χ1) is 9.49. The van der Waals surface area contributed by atoms with Gasteiger partial charge in [0.05, 0.1) is 0 Å². The van der Waals surface area contributed by atoms with E-state index in [4.69, 9.17) is 0 Å². The first kappa shape index (κ1) is 14.1. The molecule has 3 rings (SSSR count). The Morgan fingerprint density at radius 2 is 1.90 bits per heavy atom. The van der Waals surface area contributed by atoms with Gasteiger partial charge in [0.25, 0.3) is 0 Å². The maximum atomic E-state index is 2.78. The van der Waals surface area contributed by atoms with E-state index in [1.54, 1.807) is 11.1 Å². The third-order valence-corrected chi connectivity index (χ3v) is 5.36. The molecule has 0 spiro atoms. The molecule has 1 unspecified atom stereocenters. The van der Waals surface area contributed by atoms with Crippen LogP contribution < -0.4 is 0 Å². The fourth-order valence-electron chi connectivity index (χ4n) is 4.37. The van der Waals surface area contributed by atoms with Crippen molar-refractivity contribution in [3.8, 4) is 0 Å². The number of rotatable bonds is 3. The normalized spacial score (nSPS) is 28.0. The lowest BCUT2D eigenvalue weighted by Crippen LogP contribution is -2.51. The molecule has 2 fully saturated rings. The molecule has 2 aliphatic rings. The Bertz CT molecular complexity index is 481. The van der Waals surface area contributed by atoms with E-state index in [1.165, 1.54) is 38.6 Å². The van der Waals surface area contributed by atoms with E-state index in [0.29, 0.717) is 0 Å². The lowest BCUT2D eigenvalue weighted by atomic mass is 9.79. The monoisotopic (exact) mass is 271 g/mol. The van der Waals surface area contributed by atoms with Crippen molar-refractivity contribution in [3.63, 3.8) is 0 Å². The molecule has 1 atom stereocenters. The van der Waals surface area contributed by atoms with Crippen molar-refractivity contribution in [3.05, 3.63) is 35.4 Å². The predicted molar refractivity (Wildman–Crippen MR) is 86.1 cm³/mol. The van der Waals surface area contributed by atoms with E-state index >= 15 is 0 Å². The molecule has 1 heterocycles. The van der Waals surface area contributed by atoms with Crippen molar-refractivity contribution in [1.82, 2.24) is 4.90 Å². The van der Waals surface area contributed by atoms with Crippen LogP contribution in [0.4, 0.5) is 0 Å². The highest BCUT2D eigenvalue weighted by Gasteiger charge is 2.47. The summed E-state index contributed by atoms with van der Waals surface area (Å²) < 4.78 is 0. The summed E-state index contributed by atoms with van der Waals surface area (Å²) in [7, 11) is 0. The molecule has 0 bridgehead atoms. The molecule has 110 valence electrons. The van der Waals surface area contributed by atoms with Crippen molar-refractivity contribution in [2.24, 2.45) is 0 Å². The largest absolute Gasteiger partial charge is 0.289 e. The smallest absolute Gasteiger partial charge is 0.0466 e. The molecule has 1 aromatic rings. The van der Waals surface area contributed by atoms with Crippen LogP contribution in [0.25, 0.3) is 0 Å². The summed E-state index contributed by atoms with van der Waals surface area (Å²) in [6.07, 6.45) is 6.68. The summed E-state index contributed by atoms with van der Waals surface area (Å²) in [5, 5.41) is 0. The van der Waals surface area contributed by atoms with E-state index in [0.717, 1.165) is 5.92 Å². The summed E-state index contributed by atoms with van der Waals surface area (Å²) >= 11 is 0. The Kier molecular flexibility index (Phi) is 3.44. The standard InChI is InChI=1S/C19H29N/c1-5-19(13-8-14-20(19)18(2,3)4)17-10-7-6-9-16(17)15-11-12-15/h6-7,9-10,15H,5,8,11-14H2,1-4H3. The molecule has 1 nitrogen and oxygen atoms in total. The SMILES string of the molecule is CCC1(c2ccccc2C2CC2)CCCN1C(C)(C)C. The molecule has 1 aliphatic heterocycles. The van der Waals surface area contributed by atoms with Crippen molar-refractivity contribution < 1.29 is 0 Å². The first-order valence-corrected chi connectivity index (χ1v) is 8.36. The van der Waals surface area contributed by atoms with Crippen LogP contribution in [0.3, 0.4) is 0 Å². The van der Waals surface area contributed by atoms with E-state index in [-0.39, 0.29) is 11.1 Å². The fourth-order valence-corrected chi connectivity index (χ4v) is 4.37. The zero-order valence-electron chi connectivity index (χ0n) is 13.6. The quantitative estimate of drug-likeness (QED) is 0.742. The third-order valence-electron chi connectivity index (χ3n) is 5.36. The molecule has 20 heavy (non-hydrogen) atoms. The topological polar surface area (TPSA) is 3.24 Å². The highest BCUT2D eigenvalue weighted by atomic mass is 15.3. The van der Waals surface area contributed by atoms with Gasteiger partial charge in [-0.1, -0.05) is 31.2 Å². The number of benzene rings is 1. The molecule has 1 heteroatoms. The van der Waals surface area contributed by atoms with Gasteiger partial charge in [-0.15, -0.1) is 0 Å². The molecule has 0 amide bonds. The van der Waals surface area contributed by atoms with E-state index in [2.05, 4.69) is 56.9 Å². The van der Waals surface area contributed by atoms with Crippen molar-refractivity contribution in [2.75, 3.05) is 6.54 Å². The van der Waals surface area contributed by atoms with Gasteiger partial charge in [-0.3, -0.25) is 4.90 Å². The molecule has 0 radical (unpaired) electrons. The molecule has 1 saturated carbocycles. The predicted octanol–water partition coefficient (Wildman–Crippen LogP) is 5.06. The minimum atomic E-state index is 0.253. The second kappa shape index (κ2) is 4.87. The molecular formula is C19H29N. The lowest BCUT2D eigenvalue weighted by Gasteiger charge is -2.47. The third kappa shape index (κ3) is 2.20. The molecule has 0 N–H and O–H groups in total. The molecule has 0 aromatic heterocycles. The summed E-state index contributed by atoms with van der Waals surface area (Å²) in [4.78, 5) is 2.78. The summed E-state index contributed by atoms with van der Waals surface area (Å²) in [5.41, 5.74) is 3.81. The van der Waals surface area contributed by atoms with Gasteiger partial charge in [-0.25, -0.2) is 0 Å². The van der Waals surface area contributed by atoms with Crippen LogP contribution in [-0.2, 0) is 5.54 Å². The van der Waals surface area contributed by atoms with Gasteiger partial charge >= 0.3 is 0 Å². The highest BCUT2D eigenvalue weighted by molar-refractivity contribution is 5.39. The van der Waals surface area contributed by atoms with Gasteiger partial charge < -0.3 is 0 Å². The average Bonchev–Trinajstić information content (AvgIpc) is 3.16. The van der Waals surface area contributed by atoms with Crippen LogP contribution in [0.5, 0.6) is 0 Å². The number of hydrogen-bond donors (Lipinski definition) is 0. The van der Waals surface area contributed by atoms with Crippen LogP contribution in [0.1, 0.15) is 76.8 Å². The number of hydrogen-bond acceptors (Lipinski definition) is 1. The maximum absolute atomic E-state index is 2.78. The second-order valence-electron chi connectivity index (χ2n) is 7.67. The van der Waals surface area contributed by atoms with Crippen LogP contribution >= 0.6 is 0 Å². The molecule has 1 aliphatic carbocycles. The van der Waals surface area contributed by atoms with E-state index in [9.17, 15) is 0 Å². The van der Waals surface area contributed by atoms with Crippen molar-refractivity contribution in [1.29, 1.82) is 0 Å². The van der Waals surface area contributed by atoms with E-state index in [1.807, 2.05) is 0 Å². The summed E-state index contributed by atoms with van der Waals surface area (Å²) in [5.74, 6) is 0.844. The van der Waals surface area contributed by atoms with Gasteiger partial charge in [0.1, 0.15) is 0 Å². The Morgan fingerprint density at radius 1 is 1.20 bits per heavy atom. The van der Waals surface area contributed by atoms with Gasteiger partial charge in [-0.2, -0.15) is 0 Å². The fraction of sp³-hybridized carbons (Fsp3) is 0.684. The Balaban J connectivity index is 2.09. The molecular weight excluding hydrogens is 242 g/mol. The average molecular weight is 271 g/mol. The first-order valence-electron chi connectivity index (χ1n) is 8.36. The van der Waals surface area contributed by atoms with Crippen molar-refractivity contribution in [2.45, 2.75) is 76.8 Å². The summed E-state index contributed by atoms with van der Waals surface area (Å²) in [6.45, 7) is 10.8. The summed E-state index contributed by atoms with van der Waals surface area (Å²) in [6, 6.07) is 9.29. The Morgan fingerprint density at radius 3 is 2.50 bits per heavy atom. The maximum Gasteiger partial charge on any atom is 0.0466 e. The molecule has 1 aromatic carbocycles. The Hall–Kier alpha value is -0.820. The molecule has 1 saturated heterocycles. The van der Waals surface area contributed by atoms with Crippen LogP contribution in [0.15, 0.2) is 24.3 Å². The van der Waals surface area contributed by atoms with Crippen LogP contribution in [0, 0.1) is 0 Å². The minimum absolute atomic E-state index is 0.253. The minimum Gasteiger partial charge on any atom is -0.289 e. The Labute approximate surface area is 124 Å². The zero-order chi connectivity index (χ0) is 14.4. The van der Waals surface area contributed by atoms with Gasteiger partial charge in [-0.05, 0) is 76.5 Å². The number of nitrogens with zero attached hydrogens (tertiary/aromatic N) is 1. The van der Waals surface area contributed by atoms with Gasteiger partial charge in [0, 0.05) is 11.1 Å². The van der Waals surface area contributed by atoms with Gasteiger partial charge in [0.15, 0.2) is 0 Å². The van der Waals surface area contributed by atoms with Crippen LogP contribution in [0.2, 0.25) is 0 Å². The second-order valence-corrected chi connectivity index (χ2v) is 7.67.